The van der Waals surface area contributed by atoms with Crippen molar-refractivity contribution in [3.8, 4) is 51.3 Å². The Morgan fingerprint density at radius 2 is 1.23 bits per heavy atom. The summed E-state index contributed by atoms with van der Waals surface area (Å²) >= 11 is 14.6. The Morgan fingerprint density at radius 3 is 1.72 bits per heavy atom. The molecule has 74 heavy (non-hydrogen) atoms. The molecule has 0 saturated carbocycles. The second-order valence-corrected chi connectivity index (χ2v) is 23.1. The fourth-order valence-electron chi connectivity index (χ4n) is 8.74. The number of nitriles is 1. The molecule has 0 fully saturated rings. The van der Waals surface area contributed by atoms with Crippen molar-refractivity contribution in [2.75, 3.05) is 19.8 Å². The molecule has 16 heteroatoms. The van der Waals surface area contributed by atoms with Crippen molar-refractivity contribution in [1.82, 2.24) is 9.99 Å². The van der Waals surface area contributed by atoms with Crippen LogP contribution in [0.15, 0.2) is 91.0 Å². The van der Waals surface area contributed by atoms with Crippen molar-refractivity contribution in [2.45, 2.75) is 119 Å². The molecule has 1 N–H and O–H groups in total. The summed E-state index contributed by atoms with van der Waals surface area (Å²) < 4.78 is 40.2. The van der Waals surface area contributed by atoms with Crippen LogP contribution in [0.5, 0.6) is 23.0 Å². The van der Waals surface area contributed by atoms with Crippen LogP contribution in [-0.4, -0.2) is 60.3 Å². The van der Waals surface area contributed by atoms with E-state index in [1.807, 2.05) is 60.7 Å². The van der Waals surface area contributed by atoms with Crippen LogP contribution in [0.25, 0.3) is 22.3 Å². The zero-order chi connectivity index (χ0) is 53.7. The monoisotopic (exact) mass is 1060 g/mol. The zero-order valence-electron chi connectivity index (χ0n) is 43.7. The second-order valence-electron chi connectivity index (χ2n) is 20.9. The van der Waals surface area contributed by atoms with Crippen LogP contribution in [0.4, 0.5) is 0 Å². The molecule has 0 bridgehead atoms. The van der Waals surface area contributed by atoms with Gasteiger partial charge in [-0.1, -0.05) is 96.7 Å². The number of amides is 1. The first-order valence-corrected chi connectivity index (χ1v) is 26.8. The number of hydrogen-bond donors (Lipinski definition) is 1. The predicted molar refractivity (Wildman–Crippen MR) is 288 cm³/mol. The summed E-state index contributed by atoms with van der Waals surface area (Å²) in [5.41, 5.74) is -0.772. The second kappa shape index (κ2) is 23.4. The van der Waals surface area contributed by atoms with Gasteiger partial charge in [0.25, 0.3) is 14.4 Å². The zero-order valence-corrected chi connectivity index (χ0v) is 46.1. The molecule has 2 aliphatic heterocycles. The molecule has 0 radical (unpaired) electrons. The quantitative estimate of drug-likeness (QED) is 0.0361. The summed E-state index contributed by atoms with van der Waals surface area (Å²) in [5.74, 6) is -1.76. The Morgan fingerprint density at radius 1 is 0.730 bits per heavy atom. The number of esters is 3. The third-order valence-electron chi connectivity index (χ3n) is 12.4. The van der Waals surface area contributed by atoms with Crippen LogP contribution in [0.2, 0.25) is 10.0 Å². The Bertz CT molecular complexity index is 2820. The van der Waals surface area contributed by atoms with Crippen molar-refractivity contribution >= 4 is 55.5 Å². The molecule has 1 amide bonds. The molecule has 1 spiro atoms. The maximum Gasteiger partial charge on any atom is 0.341 e. The Labute approximate surface area is 445 Å². The lowest BCUT2D eigenvalue weighted by atomic mass is 9.75. The van der Waals surface area contributed by atoms with Crippen molar-refractivity contribution < 1.29 is 47.2 Å². The first kappa shape index (κ1) is 55.9. The summed E-state index contributed by atoms with van der Waals surface area (Å²) in [6.07, 6.45) is 3.33. The van der Waals surface area contributed by atoms with Gasteiger partial charge in [0.1, 0.15) is 23.0 Å². The summed E-state index contributed by atoms with van der Waals surface area (Å²) in [6, 6.07) is 29.1. The number of rotatable bonds is 19. The molecule has 390 valence electrons. The van der Waals surface area contributed by atoms with Gasteiger partial charge in [0.2, 0.25) is 0 Å². The van der Waals surface area contributed by atoms with Crippen LogP contribution in [0.1, 0.15) is 139 Å². The highest BCUT2D eigenvalue weighted by atomic mass is 35.5. The molecule has 5 aromatic carbocycles. The minimum absolute atomic E-state index is 0.0127. The lowest BCUT2D eigenvalue weighted by Gasteiger charge is -2.38. The molecule has 2 aliphatic rings. The number of halogens is 2. The molecule has 7 rings (SSSR count). The molecule has 0 saturated heterocycles. The predicted octanol–water partition coefficient (Wildman–Crippen LogP) is 14.4. The smallest absolute Gasteiger partial charge is 0.341 e. The van der Waals surface area contributed by atoms with Gasteiger partial charge in [-0.05, 0) is 111 Å². The molecular formula is C58H64Cl2N3O10P. The highest BCUT2D eigenvalue weighted by Gasteiger charge is 2.57. The Hall–Kier alpha value is -5.84. The topological polar surface area (TPSA) is 163 Å². The van der Waals surface area contributed by atoms with Crippen LogP contribution in [-0.2, 0) is 29.0 Å². The van der Waals surface area contributed by atoms with E-state index in [9.17, 15) is 19.2 Å². The van der Waals surface area contributed by atoms with E-state index in [0.29, 0.717) is 59.6 Å². The van der Waals surface area contributed by atoms with Crippen LogP contribution < -0.4 is 19.5 Å². The molecule has 0 aliphatic carbocycles. The third-order valence-corrected chi connectivity index (χ3v) is 15.2. The Balaban J connectivity index is 1.28. The largest absolute Gasteiger partial charge is 0.456 e. The molecule has 13 nitrogen and oxygen atoms in total. The standard InChI is InChI=1S/C58H64Cl2N3O10P/c1-35(2)63(36(3)4)74(69-29-21-26-61)68-28-20-12-11-19-27-62-52(64)41-32-44(59)49-50(51(41)60)58(73-53(49)65)42-30-39(37-22-15-13-16-23-37)45(71-54(66)56(5,6)7)33-47(42)70-48-34-46(72-55(67)57(8,9)10)40(31-43(48)58)38-24-17-14-18-25-38/h13-18,22-25,30-36H,11-12,19-21,27-29H2,1-10H3,(H,62,64). The first-order valence-electron chi connectivity index (χ1n) is 24.9. The molecule has 5 aromatic rings. The van der Waals surface area contributed by atoms with Crippen LogP contribution >= 0.6 is 31.7 Å². The van der Waals surface area contributed by atoms with Gasteiger partial charge in [0.15, 0.2) is 5.60 Å². The van der Waals surface area contributed by atoms with E-state index in [4.69, 9.17) is 56.5 Å². The highest BCUT2D eigenvalue weighted by molar-refractivity contribution is 7.44. The maximum absolute atomic E-state index is 14.6. The number of unbranched alkanes of at least 4 members (excludes halogenated alkanes) is 3. The number of ether oxygens (including phenoxy) is 4. The normalized spacial score (nSPS) is 13.9. The third kappa shape index (κ3) is 12.0. The van der Waals surface area contributed by atoms with Crippen LogP contribution in [0, 0.1) is 22.2 Å². The maximum atomic E-state index is 14.6. The Kier molecular flexibility index (Phi) is 17.7. The average molecular weight is 1070 g/mol. The van der Waals surface area contributed by atoms with Gasteiger partial charge in [-0.3, -0.25) is 14.4 Å². The SMILES string of the molecule is CC(C)N(C(C)C)P(OCCC#N)OCCCCCCNC(=O)c1cc(Cl)c2c(c1Cl)C1(OC2=O)c2cc(-c3ccccc3)c(OC(=O)C(C)(C)C)cc2Oc2cc(OC(=O)C(C)(C)C)c(-c3ccccc3)cc21. The van der Waals surface area contributed by atoms with E-state index in [1.54, 1.807) is 65.8 Å². The molecule has 1 unspecified atom stereocenters. The number of benzene rings is 5. The summed E-state index contributed by atoms with van der Waals surface area (Å²) in [6.45, 7) is 20.0. The lowest BCUT2D eigenvalue weighted by molar-refractivity contribution is -0.143. The number of nitrogens with zero attached hydrogens (tertiary/aromatic N) is 2. The highest BCUT2D eigenvalue weighted by Crippen LogP contribution is 2.62. The number of carbonyl (C=O) groups is 4. The van der Waals surface area contributed by atoms with Gasteiger partial charge in [0.05, 0.1) is 57.7 Å². The number of carbonyl (C=O) groups excluding carboxylic acids is 4. The van der Waals surface area contributed by atoms with Crippen molar-refractivity contribution in [3.63, 3.8) is 0 Å². The van der Waals surface area contributed by atoms with E-state index >= 15 is 0 Å². The van der Waals surface area contributed by atoms with Gasteiger partial charge in [-0.25, -0.2) is 9.46 Å². The minimum Gasteiger partial charge on any atom is -0.456 e. The van der Waals surface area contributed by atoms with E-state index in [0.717, 1.165) is 19.3 Å². The van der Waals surface area contributed by atoms with Gasteiger partial charge < -0.3 is 33.3 Å². The summed E-state index contributed by atoms with van der Waals surface area (Å²) in [5, 5.41) is 11.9. The molecule has 0 aromatic heterocycles. The molecule has 2 heterocycles. The molecular weight excluding hydrogens is 1000 g/mol. The number of hydrogen-bond acceptors (Lipinski definition) is 12. The van der Waals surface area contributed by atoms with Gasteiger partial charge in [-0.2, -0.15) is 5.26 Å². The van der Waals surface area contributed by atoms with Crippen molar-refractivity contribution in [2.24, 2.45) is 10.8 Å². The fourth-order valence-corrected chi connectivity index (χ4v) is 11.0. The van der Waals surface area contributed by atoms with Gasteiger partial charge >= 0.3 is 17.9 Å². The average Bonchev–Trinajstić information content (AvgIpc) is 3.66. The van der Waals surface area contributed by atoms with E-state index in [-0.39, 0.29) is 68.2 Å². The van der Waals surface area contributed by atoms with E-state index in [2.05, 4.69) is 43.8 Å². The first-order chi connectivity index (χ1) is 35.1. The van der Waals surface area contributed by atoms with Crippen LogP contribution in [0.3, 0.4) is 0 Å². The number of nitrogens with one attached hydrogen (secondary N) is 1. The van der Waals surface area contributed by atoms with E-state index < -0.39 is 48.8 Å². The fraction of sp³-hybridized carbons (Fsp3) is 0.397. The molecule has 1 atom stereocenters. The van der Waals surface area contributed by atoms with E-state index in [1.165, 1.54) is 6.07 Å². The summed E-state index contributed by atoms with van der Waals surface area (Å²) in [7, 11) is -1.34. The lowest BCUT2D eigenvalue weighted by Crippen LogP contribution is -2.34. The minimum atomic E-state index is -1.94. The summed E-state index contributed by atoms with van der Waals surface area (Å²) in [4.78, 5) is 56.2. The number of fused-ring (bicyclic) bond motifs is 6. The van der Waals surface area contributed by atoms with Gasteiger partial charge in [-0.15, -0.1) is 0 Å². The van der Waals surface area contributed by atoms with Gasteiger partial charge in [0, 0.05) is 58.6 Å². The van der Waals surface area contributed by atoms with Crippen molar-refractivity contribution in [3.05, 3.63) is 129 Å². The van der Waals surface area contributed by atoms with Crippen molar-refractivity contribution in [1.29, 1.82) is 5.26 Å².